The summed E-state index contributed by atoms with van der Waals surface area (Å²) in [7, 11) is -3.56. The van der Waals surface area contributed by atoms with Crippen molar-refractivity contribution in [1.29, 1.82) is 0 Å². The van der Waals surface area contributed by atoms with Crippen molar-refractivity contribution in [1.82, 2.24) is 18.4 Å². The van der Waals surface area contributed by atoms with E-state index in [1.807, 2.05) is 13.8 Å². The van der Waals surface area contributed by atoms with Gasteiger partial charge in [-0.1, -0.05) is 38.8 Å². The lowest BCUT2D eigenvalue weighted by Crippen LogP contribution is -2.58. The Bertz CT molecular complexity index is 1010. The molecule has 1 aromatic carbocycles. The van der Waals surface area contributed by atoms with Crippen LogP contribution < -0.4 is 0 Å². The van der Waals surface area contributed by atoms with Gasteiger partial charge in [0.2, 0.25) is 5.91 Å². The van der Waals surface area contributed by atoms with Crippen LogP contribution >= 0.6 is 0 Å². The van der Waals surface area contributed by atoms with Gasteiger partial charge in [0, 0.05) is 39.3 Å². The first kappa shape index (κ1) is 24.8. The average Bonchev–Trinajstić information content (AvgIpc) is 3.00. The van der Waals surface area contributed by atoms with Crippen LogP contribution in [0, 0.1) is 5.92 Å². The first-order valence-corrected chi connectivity index (χ1v) is 13.6. The van der Waals surface area contributed by atoms with E-state index in [1.54, 1.807) is 33.5 Å². The van der Waals surface area contributed by atoms with Crippen LogP contribution in [-0.2, 0) is 15.0 Å². The summed E-state index contributed by atoms with van der Waals surface area (Å²) in [6, 6.07) is 5.73. The second kappa shape index (κ2) is 10.1. The van der Waals surface area contributed by atoms with Crippen molar-refractivity contribution in [3.63, 3.8) is 0 Å². The molecule has 34 heavy (non-hydrogen) atoms. The number of imide groups is 1. The molecular weight excluding hydrogens is 456 g/mol. The molecule has 3 amide bonds. The fourth-order valence-corrected chi connectivity index (χ4v) is 6.71. The molecule has 1 atom stereocenters. The van der Waals surface area contributed by atoms with Gasteiger partial charge in [-0.05, 0) is 37.3 Å². The first-order valence-electron chi connectivity index (χ1n) is 12.2. The van der Waals surface area contributed by atoms with Crippen LogP contribution in [0.4, 0.5) is 0 Å². The Morgan fingerprint density at radius 2 is 1.32 bits per heavy atom. The second-order valence-electron chi connectivity index (χ2n) is 9.72. The molecule has 3 aliphatic rings. The van der Waals surface area contributed by atoms with Gasteiger partial charge in [0.05, 0.1) is 11.1 Å². The number of piperazine rings is 1. The van der Waals surface area contributed by atoms with Crippen LogP contribution in [0.2, 0.25) is 0 Å². The largest absolute Gasteiger partial charge is 0.338 e. The van der Waals surface area contributed by atoms with Crippen LogP contribution in [0.1, 0.15) is 66.7 Å². The second-order valence-corrected chi connectivity index (χ2v) is 11.6. The van der Waals surface area contributed by atoms with Crippen molar-refractivity contribution in [2.75, 3.05) is 39.3 Å². The third-order valence-electron chi connectivity index (χ3n) is 6.88. The number of hydrogen-bond acceptors (Lipinski definition) is 5. The molecule has 0 aliphatic carbocycles. The maximum Gasteiger partial charge on any atom is 0.282 e. The maximum absolute atomic E-state index is 13.6. The van der Waals surface area contributed by atoms with Gasteiger partial charge in [-0.15, -0.1) is 0 Å². The Kier molecular flexibility index (Phi) is 7.39. The summed E-state index contributed by atoms with van der Waals surface area (Å²) < 4.78 is 29.3. The highest BCUT2D eigenvalue weighted by Crippen LogP contribution is 2.28. The van der Waals surface area contributed by atoms with Gasteiger partial charge in [0.1, 0.15) is 6.04 Å². The number of benzene rings is 1. The number of carbonyl (C=O) groups is 3. The number of rotatable bonds is 6. The van der Waals surface area contributed by atoms with Crippen molar-refractivity contribution in [2.45, 2.75) is 52.0 Å². The summed E-state index contributed by atoms with van der Waals surface area (Å²) in [4.78, 5) is 42.4. The van der Waals surface area contributed by atoms with E-state index in [0.29, 0.717) is 30.6 Å². The number of carbonyl (C=O) groups excluding carboxylic acids is 3. The third-order valence-corrected chi connectivity index (χ3v) is 8.92. The molecule has 2 fully saturated rings. The van der Waals surface area contributed by atoms with Crippen molar-refractivity contribution in [2.24, 2.45) is 5.92 Å². The smallest absolute Gasteiger partial charge is 0.282 e. The predicted molar refractivity (Wildman–Crippen MR) is 127 cm³/mol. The molecule has 0 aromatic heterocycles. The average molecular weight is 491 g/mol. The zero-order valence-electron chi connectivity index (χ0n) is 20.0. The van der Waals surface area contributed by atoms with Crippen molar-refractivity contribution >= 4 is 27.9 Å². The highest BCUT2D eigenvalue weighted by atomic mass is 32.2. The summed E-state index contributed by atoms with van der Waals surface area (Å²) in [5.74, 6) is -1.10. The summed E-state index contributed by atoms with van der Waals surface area (Å²) >= 11 is 0. The minimum absolute atomic E-state index is 0.0861. The van der Waals surface area contributed by atoms with Gasteiger partial charge in [0.15, 0.2) is 0 Å². The van der Waals surface area contributed by atoms with Gasteiger partial charge < -0.3 is 4.90 Å². The normalized spacial score (nSPS) is 21.6. The van der Waals surface area contributed by atoms with Crippen LogP contribution in [-0.4, -0.2) is 89.9 Å². The lowest BCUT2D eigenvalue weighted by Gasteiger charge is -2.39. The fourth-order valence-electron chi connectivity index (χ4n) is 5.04. The van der Waals surface area contributed by atoms with E-state index in [1.165, 1.54) is 4.31 Å². The summed E-state index contributed by atoms with van der Waals surface area (Å²) in [5, 5.41) is 0. The van der Waals surface area contributed by atoms with Gasteiger partial charge in [-0.2, -0.15) is 17.0 Å². The molecule has 3 heterocycles. The fraction of sp³-hybridized carbons (Fsp3) is 0.625. The van der Waals surface area contributed by atoms with Crippen LogP contribution in [0.25, 0.3) is 0 Å². The molecule has 0 bridgehead atoms. The zero-order chi connectivity index (χ0) is 24.5. The molecule has 4 rings (SSSR count). The standard InChI is InChI=1S/C24H34N4O5S/c1-18(2)17-21(28-22(29)19-9-5-6-10-20(19)23(28)30)24(31)25-13-15-27(16-14-25)34(32,33)26-11-7-3-4-8-12-26/h5-6,9-10,18,21H,3-4,7-8,11-17H2,1-2H3/t21-/m1/s1. The van der Waals surface area contributed by atoms with Crippen molar-refractivity contribution in [3.05, 3.63) is 35.4 Å². The van der Waals surface area contributed by atoms with Crippen LogP contribution in [0.15, 0.2) is 24.3 Å². The van der Waals surface area contributed by atoms with Crippen molar-refractivity contribution < 1.29 is 22.8 Å². The Morgan fingerprint density at radius 3 is 1.82 bits per heavy atom. The molecule has 1 aromatic rings. The molecule has 2 saturated heterocycles. The number of nitrogens with zero attached hydrogens (tertiary/aromatic N) is 4. The highest BCUT2D eigenvalue weighted by Gasteiger charge is 2.44. The molecule has 0 saturated carbocycles. The molecule has 0 radical (unpaired) electrons. The number of amides is 3. The van der Waals surface area contributed by atoms with E-state index in [2.05, 4.69) is 0 Å². The van der Waals surface area contributed by atoms with Gasteiger partial charge in [-0.3, -0.25) is 19.3 Å². The van der Waals surface area contributed by atoms with Gasteiger partial charge >= 0.3 is 0 Å². The minimum Gasteiger partial charge on any atom is -0.338 e. The SMILES string of the molecule is CC(C)C[C@H](C(=O)N1CCN(S(=O)(=O)N2CCCCCC2)CC1)N1C(=O)c2ccccc2C1=O. The quantitative estimate of drug-likeness (QED) is 0.568. The molecule has 3 aliphatic heterocycles. The molecule has 0 spiro atoms. The summed E-state index contributed by atoms with van der Waals surface area (Å²) in [5.41, 5.74) is 0.643. The topological polar surface area (TPSA) is 98.3 Å². The Labute approximate surface area is 201 Å². The van der Waals surface area contributed by atoms with Gasteiger partial charge in [0.25, 0.3) is 22.0 Å². The van der Waals surface area contributed by atoms with E-state index in [0.717, 1.165) is 30.6 Å². The van der Waals surface area contributed by atoms with Crippen molar-refractivity contribution in [3.8, 4) is 0 Å². The Hall–Kier alpha value is -2.30. The molecule has 9 nitrogen and oxygen atoms in total. The van der Waals surface area contributed by atoms with E-state index in [9.17, 15) is 22.8 Å². The summed E-state index contributed by atoms with van der Waals surface area (Å²) in [6.07, 6.45) is 4.19. The Balaban J connectivity index is 1.47. The predicted octanol–water partition coefficient (Wildman–Crippen LogP) is 1.96. The molecule has 0 unspecified atom stereocenters. The number of fused-ring (bicyclic) bond motifs is 1. The molecule has 10 heteroatoms. The summed E-state index contributed by atoms with van der Waals surface area (Å²) in [6.45, 7) is 5.87. The van der Waals surface area contributed by atoms with E-state index in [-0.39, 0.29) is 38.0 Å². The molecule has 186 valence electrons. The lowest BCUT2D eigenvalue weighted by atomic mass is 10.0. The first-order chi connectivity index (χ1) is 16.2. The van der Waals surface area contributed by atoms with E-state index >= 15 is 0 Å². The monoisotopic (exact) mass is 490 g/mol. The van der Waals surface area contributed by atoms with Gasteiger partial charge in [-0.25, -0.2) is 0 Å². The zero-order valence-corrected chi connectivity index (χ0v) is 20.8. The Morgan fingerprint density at radius 1 is 0.824 bits per heavy atom. The molecule has 0 N–H and O–H groups in total. The minimum atomic E-state index is -3.56. The van der Waals surface area contributed by atoms with E-state index < -0.39 is 28.1 Å². The van der Waals surface area contributed by atoms with Crippen LogP contribution in [0.3, 0.4) is 0 Å². The van der Waals surface area contributed by atoms with Crippen LogP contribution in [0.5, 0.6) is 0 Å². The number of hydrogen-bond donors (Lipinski definition) is 0. The lowest BCUT2D eigenvalue weighted by molar-refractivity contribution is -0.137. The maximum atomic E-state index is 13.6. The third kappa shape index (κ3) is 4.76. The highest BCUT2D eigenvalue weighted by molar-refractivity contribution is 7.86. The van der Waals surface area contributed by atoms with E-state index in [4.69, 9.17) is 0 Å². The molecular formula is C24H34N4O5S.